The lowest BCUT2D eigenvalue weighted by atomic mass is 10.3. The van der Waals surface area contributed by atoms with Crippen LogP contribution in [-0.4, -0.2) is 21.4 Å². The first-order chi connectivity index (χ1) is 7.54. The smallest absolute Gasteiger partial charge is 0.406 e. The van der Waals surface area contributed by atoms with Crippen LogP contribution in [0.4, 0.5) is 13.2 Å². The van der Waals surface area contributed by atoms with Crippen LogP contribution in [-0.2, 0) is 0 Å². The van der Waals surface area contributed by atoms with E-state index in [1.807, 2.05) is 0 Å². The molecule has 7 heteroatoms. The largest absolute Gasteiger partial charge is 0.573 e. The average Bonchev–Trinajstić information content (AvgIpc) is 2.69. The third-order valence-electron chi connectivity index (χ3n) is 1.76. The third kappa shape index (κ3) is 2.50. The molecule has 0 bridgehead atoms. The molecule has 0 N–H and O–H groups in total. The number of hydrogen-bond donors (Lipinski definition) is 0. The monoisotopic (exact) mass is 229 g/mol. The van der Waals surface area contributed by atoms with Crippen LogP contribution in [0.1, 0.15) is 0 Å². The van der Waals surface area contributed by atoms with Crippen LogP contribution in [0.15, 0.2) is 36.7 Å². The summed E-state index contributed by atoms with van der Waals surface area (Å²) in [6.45, 7) is 0. The van der Waals surface area contributed by atoms with E-state index in [0.717, 1.165) is 0 Å². The second-order valence-corrected chi connectivity index (χ2v) is 2.89. The third-order valence-corrected chi connectivity index (χ3v) is 1.76. The molecule has 0 saturated carbocycles. The Labute approximate surface area is 88.3 Å². The SMILES string of the molecule is FC(F)(F)Oc1ccc(-n2ccnn2)cc1. The standard InChI is InChI=1S/C9H6F3N3O/c10-9(11,12)16-8-3-1-7(2-4-8)15-6-5-13-14-15/h1-6H. The highest BCUT2D eigenvalue weighted by Gasteiger charge is 2.30. The van der Waals surface area contributed by atoms with Gasteiger partial charge in [-0.15, -0.1) is 18.3 Å². The van der Waals surface area contributed by atoms with E-state index in [9.17, 15) is 13.2 Å². The van der Waals surface area contributed by atoms with Crippen molar-refractivity contribution in [3.05, 3.63) is 36.7 Å². The Kier molecular flexibility index (Phi) is 2.51. The lowest BCUT2D eigenvalue weighted by Gasteiger charge is -2.08. The minimum atomic E-state index is -4.67. The first kappa shape index (κ1) is 10.5. The fraction of sp³-hybridized carbons (Fsp3) is 0.111. The predicted molar refractivity (Wildman–Crippen MR) is 48.0 cm³/mol. The molecule has 0 atom stereocenters. The van der Waals surface area contributed by atoms with E-state index in [1.165, 1.54) is 35.1 Å². The molecule has 0 aliphatic rings. The van der Waals surface area contributed by atoms with Gasteiger partial charge >= 0.3 is 6.36 Å². The fourth-order valence-electron chi connectivity index (χ4n) is 1.15. The molecule has 2 aromatic rings. The van der Waals surface area contributed by atoms with Crippen molar-refractivity contribution < 1.29 is 17.9 Å². The molecule has 1 aromatic heterocycles. The Bertz CT molecular complexity index is 450. The van der Waals surface area contributed by atoms with Crippen LogP contribution in [0.3, 0.4) is 0 Å². The molecule has 0 fully saturated rings. The summed E-state index contributed by atoms with van der Waals surface area (Å²) in [7, 11) is 0. The normalized spacial score (nSPS) is 11.4. The summed E-state index contributed by atoms with van der Waals surface area (Å²) in [6.07, 6.45) is -1.62. The van der Waals surface area contributed by atoms with E-state index in [2.05, 4.69) is 15.0 Å². The van der Waals surface area contributed by atoms with Gasteiger partial charge in [-0.2, -0.15) is 0 Å². The minimum absolute atomic E-state index is 0.267. The fourth-order valence-corrected chi connectivity index (χ4v) is 1.15. The molecule has 0 amide bonds. The first-order valence-electron chi connectivity index (χ1n) is 4.27. The maximum atomic E-state index is 11.9. The van der Waals surface area contributed by atoms with Gasteiger partial charge in [0.2, 0.25) is 0 Å². The van der Waals surface area contributed by atoms with Crippen LogP contribution >= 0.6 is 0 Å². The van der Waals surface area contributed by atoms with E-state index in [-0.39, 0.29) is 5.75 Å². The summed E-state index contributed by atoms with van der Waals surface area (Å²) in [6, 6.07) is 5.33. The topological polar surface area (TPSA) is 39.9 Å². The number of aromatic nitrogens is 3. The number of hydrogen-bond acceptors (Lipinski definition) is 3. The Morgan fingerprint density at radius 2 is 1.81 bits per heavy atom. The van der Waals surface area contributed by atoms with Crippen molar-refractivity contribution in [1.29, 1.82) is 0 Å². The van der Waals surface area contributed by atoms with Crippen LogP contribution in [0.2, 0.25) is 0 Å². The highest BCUT2D eigenvalue weighted by molar-refractivity contribution is 5.36. The Hall–Kier alpha value is -2.05. The Morgan fingerprint density at radius 1 is 1.12 bits per heavy atom. The molecule has 1 aromatic carbocycles. The van der Waals surface area contributed by atoms with Crippen molar-refractivity contribution in [2.24, 2.45) is 0 Å². The lowest BCUT2D eigenvalue weighted by molar-refractivity contribution is -0.274. The van der Waals surface area contributed by atoms with Crippen molar-refractivity contribution >= 4 is 0 Å². The molecule has 0 aliphatic carbocycles. The van der Waals surface area contributed by atoms with Crippen LogP contribution < -0.4 is 4.74 Å². The quantitative estimate of drug-likeness (QED) is 0.792. The van der Waals surface area contributed by atoms with Crippen LogP contribution in [0.5, 0.6) is 5.75 Å². The molecule has 2 rings (SSSR count). The van der Waals surface area contributed by atoms with E-state index in [1.54, 1.807) is 6.20 Å². The van der Waals surface area contributed by atoms with Gasteiger partial charge in [-0.1, -0.05) is 5.21 Å². The number of benzene rings is 1. The molecular formula is C9H6F3N3O. The van der Waals surface area contributed by atoms with Gasteiger partial charge in [0, 0.05) is 0 Å². The summed E-state index contributed by atoms with van der Waals surface area (Å²) in [5.41, 5.74) is 0.604. The van der Waals surface area contributed by atoms with E-state index >= 15 is 0 Å². The number of halogens is 3. The van der Waals surface area contributed by atoms with Crippen molar-refractivity contribution in [2.45, 2.75) is 6.36 Å². The van der Waals surface area contributed by atoms with E-state index in [4.69, 9.17) is 0 Å². The minimum Gasteiger partial charge on any atom is -0.406 e. The molecule has 0 spiro atoms. The molecular weight excluding hydrogens is 223 g/mol. The Morgan fingerprint density at radius 3 is 2.31 bits per heavy atom. The Balaban J connectivity index is 2.17. The average molecular weight is 229 g/mol. The number of rotatable bonds is 2. The van der Waals surface area contributed by atoms with Crippen LogP contribution in [0, 0.1) is 0 Å². The van der Waals surface area contributed by atoms with Crippen molar-refractivity contribution in [3.63, 3.8) is 0 Å². The highest BCUT2D eigenvalue weighted by atomic mass is 19.4. The molecule has 84 valence electrons. The van der Waals surface area contributed by atoms with Gasteiger partial charge in [0.25, 0.3) is 0 Å². The van der Waals surface area contributed by atoms with Gasteiger partial charge in [0.05, 0.1) is 18.1 Å². The number of nitrogens with zero attached hydrogens (tertiary/aromatic N) is 3. The molecule has 1 heterocycles. The highest BCUT2D eigenvalue weighted by Crippen LogP contribution is 2.23. The summed E-state index contributed by atoms with van der Waals surface area (Å²) in [5, 5.41) is 7.28. The van der Waals surface area contributed by atoms with Crippen molar-refractivity contribution in [1.82, 2.24) is 15.0 Å². The second kappa shape index (κ2) is 3.84. The predicted octanol–water partition coefficient (Wildman–Crippen LogP) is 2.17. The van der Waals surface area contributed by atoms with Gasteiger partial charge in [0.1, 0.15) is 5.75 Å². The summed E-state index contributed by atoms with van der Waals surface area (Å²) < 4.78 is 40.8. The second-order valence-electron chi connectivity index (χ2n) is 2.89. The maximum Gasteiger partial charge on any atom is 0.573 e. The van der Waals surface area contributed by atoms with E-state index < -0.39 is 6.36 Å². The summed E-state index contributed by atoms with van der Waals surface area (Å²) >= 11 is 0. The molecule has 16 heavy (non-hydrogen) atoms. The van der Waals surface area contributed by atoms with Crippen molar-refractivity contribution in [2.75, 3.05) is 0 Å². The van der Waals surface area contributed by atoms with Gasteiger partial charge in [-0.05, 0) is 24.3 Å². The van der Waals surface area contributed by atoms with Crippen molar-refractivity contribution in [3.8, 4) is 11.4 Å². The molecule has 0 unspecified atom stereocenters. The zero-order chi connectivity index (χ0) is 11.6. The van der Waals surface area contributed by atoms with Gasteiger partial charge in [-0.3, -0.25) is 0 Å². The molecule has 0 radical (unpaired) electrons. The number of ether oxygens (including phenoxy) is 1. The number of alkyl halides is 3. The first-order valence-corrected chi connectivity index (χ1v) is 4.27. The summed E-state index contributed by atoms with van der Waals surface area (Å²) in [5.74, 6) is -0.267. The summed E-state index contributed by atoms with van der Waals surface area (Å²) in [4.78, 5) is 0. The van der Waals surface area contributed by atoms with Gasteiger partial charge in [-0.25, -0.2) is 4.68 Å². The van der Waals surface area contributed by atoms with E-state index in [0.29, 0.717) is 5.69 Å². The zero-order valence-electron chi connectivity index (χ0n) is 7.85. The molecule has 0 aliphatic heterocycles. The maximum absolute atomic E-state index is 11.9. The van der Waals surface area contributed by atoms with Crippen LogP contribution in [0.25, 0.3) is 5.69 Å². The van der Waals surface area contributed by atoms with Gasteiger partial charge < -0.3 is 4.74 Å². The molecule has 0 saturated heterocycles. The lowest BCUT2D eigenvalue weighted by Crippen LogP contribution is -2.17. The molecule has 4 nitrogen and oxygen atoms in total. The van der Waals surface area contributed by atoms with Gasteiger partial charge in [0.15, 0.2) is 0 Å². The zero-order valence-corrected chi connectivity index (χ0v) is 7.85.